The number of ether oxygens (including phenoxy) is 9. The summed E-state index contributed by atoms with van der Waals surface area (Å²) in [5.41, 5.74) is -1.97. The third-order valence-corrected chi connectivity index (χ3v) is 12.6. The van der Waals surface area contributed by atoms with Crippen LogP contribution in [0.4, 0.5) is 0 Å². The van der Waals surface area contributed by atoms with Crippen LogP contribution in [-0.4, -0.2) is 119 Å². The van der Waals surface area contributed by atoms with Crippen LogP contribution in [0.3, 0.4) is 0 Å². The molecule has 0 aromatic heterocycles. The molecule has 10 rings (SSSR count). The van der Waals surface area contributed by atoms with Gasteiger partial charge in [-0.3, -0.25) is 4.79 Å². The first kappa shape index (κ1) is 31.1. The Bertz CT molecular complexity index is 1800. The van der Waals surface area contributed by atoms with E-state index in [1.54, 1.807) is 14.0 Å². The van der Waals surface area contributed by atoms with E-state index in [0.717, 1.165) is 12.0 Å². The highest BCUT2D eigenvalue weighted by Crippen LogP contribution is 2.85. The van der Waals surface area contributed by atoms with Gasteiger partial charge in [-0.2, -0.15) is 0 Å². The van der Waals surface area contributed by atoms with E-state index in [0.29, 0.717) is 60.1 Å². The largest absolute Gasteiger partial charge is 0.506 e. The average molecular weight is 685 g/mol. The molecule has 1 saturated carbocycles. The zero-order valence-corrected chi connectivity index (χ0v) is 27.6. The Morgan fingerprint density at radius 3 is 2.57 bits per heavy atom. The molecule has 2 aromatic rings. The zero-order chi connectivity index (χ0) is 34.0. The van der Waals surface area contributed by atoms with Crippen LogP contribution < -0.4 is 9.47 Å². The summed E-state index contributed by atoms with van der Waals surface area (Å²) < 4.78 is 58.1. The minimum absolute atomic E-state index is 0.161. The van der Waals surface area contributed by atoms with Gasteiger partial charge in [0.2, 0.25) is 6.29 Å². The third-order valence-electron chi connectivity index (χ3n) is 12.6. The molecule has 14 heteroatoms. The Balaban J connectivity index is 1.18. The van der Waals surface area contributed by atoms with Crippen LogP contribution in [0.2, 0.25) is 0 Å². The molecule has 0 radical (unpaired) electrons. The zero-order valence-electron chi connectivity index (χ0n) is 27.6. The summed E-state index contributed by atoms with van der Waals surface area (Å²) in [6.45, 7) is 5.97. The number of phenolic OH excluding ortho intramolecular Hbond substituents is 1. The summed E-state index contributed by atoms with van der Waals surface area (Å²) in [6.07, 6.45) is -4.54. The van der Waals surface area contributed by atoms with Gasteiger partial charge in [-0.25, -0.2) is 0 Å². The maximum atomic E-state index is 13.3. The third kappa shape index (κ3) is 3.32. The molecule has 6 fully saturated rings. The van der Waals surface area contributed by atoms with Crippen LogP contribution in [0.1, 0.15) is 72.5 Å². The van der Waals surface area contributed by atoms with Gasteiger partial charge in [0.25, 0.3) is 11.6 Å². The van der Waals surface area contributed by atoms with Crippen LogP contribution in [0, 0.1) is 6.92 Å². The molecule has 11 atom stereocenters. The monoisotopic (exact) mass is 684 g/mol. The Hall–Kier alpha value is -2.63. The van der Waals surface area contributed by atoms with Gasteiger partial charge in [0.1, 0.15) is 29.0 Å². The predicted molar refractivity (Wildman–Crippen MR) is 163 cm³/mol. The molecule has 6 aliphatic heterocycles. The van der Waals surface area contributed by atoms with Gasteiger partial charge in [0, 0.05) is 29.4 Å². The van der Waals surface area contributed by atoms with Crippen LogP contribution in [0.25, 0.3) is 10.8 Å². The second-order valence-corrected chi connectivity index (χ2v) is 14.8. The van der Waals surface area contributed by atoms with Gasteiger partial charge < -0.3 is 63.1 Å². The number of hydrogen-bond donors (Lipinski definition) is 4. The van der Waals surface area contributed by atoms with E-state index in [-0.39, 0.29) is 35.9 Å². The second kappa shape index (κ2) is 9.62. The number of carbonyl (C=O) groups excluding carboxylic acids is 1. The molecule has 264 valence electrons. The number of benzene rings is 2. The number of aromatic hydroxyl groups is 1. The quantitative estimate of drug-likeness (QED) is 0.333. The standard InChI is InChI=1S/C35H40O14/c1-14-11-18-24(26(39)23-17(27(18)41-4)7-5-8-19(23)37)28-22(14)25-29-34(47-28,46-21-12-20(38)32(40,15(2)36)16(3)45-21)31(13-44-31)33(25)35(48-29,49-33)30-42-9-6-10-43-30/h11,15-16,20-21,25,29-30,36,38-40H,5-10,12-13H2,1-4H3/t15-,16?,20?,21?,25?,29?,31-,32?,33?,34-,35?/m1/s1. The van der Waals surface area contributed by atoms with Crippen molar-refractivity contribution in [2.45, 2.75) is 124 Å². The maximum absolute atomic E-state index is 13.3. The predicted octanol–water partition coefficient (Wildman–Crippen LogP) is 1.59. The van der Waals surface area contributed by atoms with Gasteiger partial charge in [0.15, 0.2) is 23.3 Å². The first-order valence-corrected chi connectivity index (χ1v) is 17.2. The van der Waals surface area contributed by atoms with Crippen molar-refractivity contribution in [1.82, 2.24) is 0 Å². The maximum Gasteiger partial charge on any atom is 0.274 e. The highest BCUT2D eigenvalue weighted by atomic mass is 16.9. The fourth-order valence-corrected chi connectivity index (χ4v) is 10.3. The molecule has 2 spiro atoms. The molecule has 4 bridgehead atoms. The van der Waals surface area contributed by atoms with Crippen molar-refractivity contribution >= 4 is 16.6 Å². The molecule has 2 aliphatic carbocycles. The van der Waals surface area contributed by atoms with Gasteiger partial charge in [-0.05, 0) is 51.7 Å². The Labute approximate surface area is 281 Å². The molecular formula is C35H40O14. The Kier molecular flexibility index (Phi) is 6.11. The number of aliphatic hydroxyl groups is 3. The number of rotatable bonds is 5. The first-order chi connectivity index (χ1) is 23.4. The van der Waals surface area contributed by atoms with E-state index < -0.39 is 71.3 Å². The van der Waals surface area contributed by atoms with Crippen LogP contribution in [0.15, 0.2) is 6.07 Å². The SMILES string of the molecule is COc1c2c(c(O)c3c4c(c(C)cc13)C1C3OC5(C6OCCCO6)OC15[C@]1(CO1)[C@]3(OC1CC(O)C(O)([C@@H](C)O)C(C)O1)O4)C(=O)CCC2. The van der Waals surface area contributed by atoms with Crippen molar-refractivity contribution in [3.8, 4) is 17.2 Å². The number of ketones is 1. The lowest BCUT2D eigenvalue weighted by Crippen LogP contribution is -2.69. The van der Waals surface area contributed by atoms with Crippen molar-refractivity contribution in [3.63, 3.8) is 0 Å². The van der Waals surface area contributed by atoms with E-state index >= 15 is 0 Å². The second-order valence-electron chi connectivity index (χ2n) is 14.8. The summed E-state index contributed by atoms with van der Waals surface area (Å²) in [7, 11) is 1.55. The van der Waals surface area contributed by atoms with Crippen LogP contribution >= 0.6 is 0 Å². The van der Waals surface area contributed by atoms with Gasteiger partial charge in [-0.15, -0.1) is 0 Å². The van der Waals surface area contributed by atoms with Crippen molar-refractivity contribution in [3.05, 3.63) is 28.3 Å². The molecule has 8 aliphatic rings. The fraction of sp³-hybridized carbons (Fsp3) is 0.686. The minimum atomic E-state index is -1.94. The Morgan fingerprint density at radius 1 is 1.14 bits per heavy atom. The number of aryl methyl sites for hydroxylation is 1. The molecule has 14 nitrogen and oxygen atoms in total. The molecule has 49 heavy (non-hydrogen) atoms. The molecule has 8 unspecified atom stereocenters. The summed E-state index contributed by atoms with van der Waals surface area (Å²) in [4.78, 5) is 13.3. The van der Waals surface area contributed by atoms with E-state index in [4.69, 9.17) is 42.6 Å². The van der Waals surface area contributed by atoms with Crippen molar-refractivity contribution in [2.24, 2.45) is 0 Å². The van der Waals surface area contributed by atoms with Crippen LogP contribution in [-0.2, 0) is 39.6 Å². The number of carbonyl (C=O) groups is 1. The van der Waals surface area contributed by atoms with Crippen molar-refractivity contribution in [2.75, 3.05) is 26.9 Å². The van der Waals surface area contributed by atoms with E-state index in [2.05, 4.69) is 0 Å². The number of phenols is 1. The lowest BCUT2D eigenvalue weighted by Gasteiger charge is -2.50. The molecular weight excluding hydrogens is 644 g/mol. The Morgan fingerprint density at radius 2 is 1.90 bits per heavy atom. The van der Waals surface area contributed by atoms with Crippen molar-refractivity contribution in [1.29, 1.82) is 0 Å². The molecule has 6 heterocycles. The van der Waals surface area contributed by atoms with E-state index in [9.17, 15) is 25.2 Å². The minimum Gasteiger partial charge on any atom is -0.506 e. The van der Waals surface area contributed by atoms with Crippen molar-refractivity contribution < 1.29 is 67.9 Å². The fourth-order valence-electron chi connectivity index (χ4n) is 10.3. The average Bonchev–Trinajstić information content (AvgIpc) is 3.98. The first-order valence-electron chi connectivity index (χ1n) is 17.2. The number of hydrogen-bond acceptors (Lipinski definition) is 14. The van der Waals surface area contributed by atoms with Crippen LogP contribution in [0.5, 0.6) is 17.2 Å². The summed E-state index contributed by atoms with van der Waals surface area (Å²) in [5, 5.41) is 45.6. The number of fused-ring (bicyclic) bond motifs is 5. The summed E-state index contributed by atoms with van der Waals surface area (Å²) in [5.74, 6) is -3.23. The normalized spacial score (nSPS) is 45.1. The molecule has 2 aromatic carbocycles. The number of methoxy groups -OCH3 is 1. The highest BCUT2D eigenvalue weighted by molar-refractivity contribution is 6.11. The van der Waals surface area contributed by atoms with Gasteiger partial charge >= 0.3 is 0 Å². The lowest BCUT2D eigenvalue weighted by atomic mass is 9.78. The summed E-state index contributed by atoms with van der Waals surface area (Å²) >= 11 is 0. The van der Waals surface area contributed by atoms with E-state index in [1.807, 2.05) is 13.0 Å². The topological polar surface area (TPSA) is 188 Å². The lowest BCUT2D eigenvalue weighted by molar-refractivity contribution is -0.389. The van der Waals surface area contributed by atoms with E-state index in [1.165, 1.54) is 6.92 Å². The molecule has 0 amide bonds. The number of aliphatic hydroxyl groups excluding tert-OH is 2. The highest BCUT2D eigenvalue weighted by Gasteiger charge is 3.07. The number of epoxide rings is 2. The molecule has 4 N–H and O–H groups in total. The van der Waals surface area contributed by atoms with Gasteiger partial charge in [-0.1, -0.05) is 0 Å². The van der Waals surface area contributed by atoms with Gasteiger partial charge in [0.05, 0.1) is 62.1 Å². The molecule has 5 saturated heterocycles. The smallest absolute Gasteiger partial charge is 0.274 e. The number of Topliss-reactive ketones (excluding diaryl/α,β-unsaturated/α-hetero) is 1. The summed E-state index contributed by atoms with van der Waals surface area (Å²) in [6, 6.07) is 1.94.